The van der Waals surface area contributed by atoms with Gasteiger partial charge in [0.05, 0.1) is 5.69 Å². The van der Waals surface area contributed by atoms with Crippen molar-refractivity contribution in [3.05, 3.63) is 59.5 Å². The highest BCUT2D eigenvalue weighted by atomic mass is 16.5. The van der Waals surface area contributed by atoms with Gasteiger partial charge in [-0.1, -0.05) is 29.4 Å². The first kappa shape index (κ1) is 19.5. The van der Waals surface area contributed by atoms with Crippen molar-refractivity contribution in [3.8, 4) is 0 Å². The highest BCUT2D eigenvalue weighted by molar-refractivity contribution is 5.80. The van der Waals surface area contributed by atoms with Crippen molar-refractivity contribution in [2.24, 2.45) is 4.99 Å². The summed E-state index contributed by atoms with van der Waals surface area (Å²) in [7, 11) is 1.86. The zero-order valence-corrected chi connectivity index (χ0v) is 17.3. The van der Waals surface area contributed by atoms with Crippen LogP contribution in [-0.2, 0) is 13.1 Å². The predicted molar refractivity (Wildman–Crippen MR) is 116 cm³/mol. The second-order valence-electron chi connectivity index (χ2n) is 7.64. The summed E-state index contributed by atoms with van der Waals surface area (Å²) in [6.07, 6.45) is 4.43. The zero-order valence-electron chi connectivity index (χ0n) is 17.3. The second kappa shape index (κ2) is 9.13. The zero-order chi connectivity index (χ0) is 20.1. The summed E-state index contributed by atoms with van der Waals surface area (Å²) in [5.74, 6) is 1.84. The average Bonchev–Trinajstić information content (AvgIpc) is 3.42. The van der Waals surface area contributed by atoms with Crippen LogP contribution in [0.4, 0.5) is 5.69 Å². The van der Waals surface area contributed by atoms with Gasteiger partial charge in [0.2, 0.25) is 0 Å². The molecule has 0 spiro atoms. The Bertz CT molecular complexity index is 840. The molecular formula is C22H30N6O. The van der Waals surface area contributed by atoms with Crippen molar-refractivity contribution >= 4 is 11.6 Å². The van der Waals surface area contributed by atoms with Crippen molar-refractivity contribution in [2.45, 2.75) is 20.0 Å². The topological polar surface area (TPSA) is 60.1 Å². The first-order chi connectivity index (χ1) is 14.2. The van der Waals surface area contributed by atoms with Gasteiger partial charge >= 0.3 is 0 Å². The summed E-state index contributed by atoms with van der Waals surface area (Å²) in [4.78, 5) is 11.6. The number of aryl methyl sites for hydroxylation is 1. The Morgan fingerprint density at radius 3 is 2.45 bits per heavy atom. The van der Waals surface area contributed by atoms with E-state index in [4.69, 9.17) is 4.52 Å². The Hall–Kier alpha value is -2.80. The molecule has 2 aromatic rings. The fourth-order valence-electron chi connectivity index (χ4n) is 3.87. The van der Waals surface area contributed by atoms with Crippen LogP contribution < -0.4 is 10.2 Å². The van der Waals surface area contributed by atoms with Gasteiger partial charge in [0, 0.05) is 71.2 Å². The third-order valence-electron chi connectivity index (χ3n) is 5.52. The molecule has 0 atom stereocenters. The number of aliphatic imine (C=N–C) groups is 1. The van der Waals surface area contributed by atoms with Gasteiger partial charge in [0.25, 0.3) is 0 Å². The maximum Gasteiger partial charge on any atom is 0.194 e. The highest BCUT2D eigenvalue weighted by Crippen LogP contribution is 2.17. The number of hydrogen-bond acceptors (Lipinski definition) is 5. The molecule has 0 amide bonds. The minimum atomic E-state index is 0.781. The fraction of sp³-hybridized carbons (Fsp3) is 0.455. The molecule has 0 unspecified atom stereocenters. The molecule has 154 valence electrons. The molecule has 3 heterocycles. The molecule has 7 nitrogen and oxygen atoms in total. The molecule has 1 N–H and O–H groups in total. The smallest absolute Gasteiger partial charge is 0.194 e. The number of benzene rings is 1. The third-order valence-corrected chi connectivity index (χ3v) is 5.52. The van der Waals surface area contributed by atoms with Gasteiger partial charge in [0.1, 0.15) is 5.76 Å². The number of rotatable bonds is 5. The van der Waals surface area contributed by atoms with E-state index in [2.05, 4.69) is 66.6 Å². The molecule has 0 bridgehead atoms. The standard InChI is InChI=1S/C22H30N6O/c1-18-15-20(25-29-18)17-26-11-13-28(14-12-26)22(23-2)24-16-19-5-7-21(8-6-19)27-9-3-4-10-27/h3-8,15H,9-14,16-17H2,1-2H3,(H,23,24). The minimum absolute atomic E-state index is 0.781. The Morgan fingerprint density at radius 1 is 1.10 bits per heavy atom. The van der Waals surface area contributed by atoms with E-state index in [9.17, 15) is 0 Å². The molecule has 1 saturated heterocycles. The summed E-state index contributed by atoms with van der Waals surface area (Å²) in [6.45, 7) is 9.46. The molecule has 0 saturated carbocycles. The van der Waals surface area contributed by atoms with Crippen molar-refractivity contribution in [3.63, 3.8) is 0 Å². The van der Waals surface area contributed by atoms with Crippen LogP contribution in [0.1, 0.15) is 17.0 Å². The van der Waals surface area contributed by atoms with E-state index in [1.807, 2.05) is 20.0 Å². The number of nitrogens with one attached hydrogen (secondary N) is 1. The van der Waals surface area contributed by atoms with Crippen LogP contribution in [0, 0.1) is 6.92 Å². The van der Waals surface area contributed by atoms with Gasteiger partial charge in [-0.2, -0.15) is 0 Å². The van der Waals surface area contributed by atoms with Crippen LogP contribution in [0.2, 0.25) is 0 Å². The van der Waals surface area contributed by atoms with Crippen molar-refractivity contribution in [2.75, 3.05) is 51.2 Å². The summed E-state index contributed by atoms with van der Waals surface area (Å²) < 4.78 is 5.17. The van der Waals surface area contributed by atoms with Crippen LogP contribution in [0.25, 0.3) is 0 Å². The maximum absolute atomic E-state index is 5.17. The molecule has 0 radical (unpaired) electrons. The number of hydrogen-bond donors (Lipinski definition) is 1. The summed E-state index contributed by atoms with van der Waals surface area (Å²) >= 11 is 0. The van der Waals surface area contributed by atoms with Crippen LogP contribution in [-0.4, -0.2) is 67.2 Å². The summed E-state index contributed by atoms with van der Waals surface area (Å²) in [6, 6.07) is 10.8. The molecule has 4 rings (SSSR count). The molecule has 1 aromatic carbocycles. The molecule has 1 aromatic heterocycles. The highest BCUT2D eigenvalue weighted by Gasteiger charge is 2.20. The van der Waals surface area contributed by atoms with E-state index < -0.39 is 0 Å². The molecule has 2 aliphatic rings. The van der Waals surface area contributed by atoms with Crippen LogP contribution in [0.5, 0.6) is 0 Å². The van der Waals surface area contributed by atoms with Gasteiger partial charge in [-0.25, -0.2) is 0 Å². The number of piperazine rings is 1. The molecule has 1 fully saturated rings. The molecule has 7 heteroatoms. The molecule has 0 aliphatic carbocycles. The van der Waals surface area contributed by atoms with Gasteiger partial charge in [-0.3, -0.25) is 9.89 Å². The predicted octanol–water partition coefficient (Wildman–Crippen LogP) is 2.25. The quantitative estimate of drug-likeness (QED) is 0.477. The van der Waals surface area contributed by atoms with Crippen LogP contribution >= 0.6 is 0 Å². The van der Waals surface area contributed by atoms with Gasteiger partial charge in [-0.05, 0) is 24.6 Å². The Balaban J connectivity index is 1.24. The largest absolute Gasteiger partial charge is 0.364 e. The van der Waals surface area contributed by atoms with Crippen molar-refractivity contribution < 1.29 is 4.52 Å². The van der Waals surface area contributed by atoms with Gasteiger partial charge in [-0.15, -0.1) is 0 Å². The lowest BCUT2D eigenvalue weighted by Gasteiger charge is -2.36. The second-order valence-corrected chi connectivity index (χ2v) is 7.64. The van der Waals surface area contributed by atoms with E-state index in [1.54, 1.807) is 0 Å². The third kappa shape index (κ3) is 4.98. The van der Waals surface area contributed by atoms with Gasteiger partial charge in [0.15, 0.2) is 5.96 Å². The summed E-state index contributed by atoms with van der Waals surface area (Å²) in [5, 5.41) is 7.62. The number of anilines is 1. The molecule has 29 heavy (non-hydrogen) atoms. The monoisotopic (exact) mass is 394 g/mol. The first-order valence-corrected chi connectivity index (χ1v) is 10.3. The molecule has 2 aliphatic heterocycles. The Kier molecular flexibility index (Phi) is 6.14. The molecular weight excluding hydrogens is 364 g/mol. The van der Waals surface area contributed by atoms with E-state index in [-0.39, 0.29) is 0 Å². The van der Waals surface area contributed by atoms with Gasteiger partial charge < -0.3 is 19.6 Å². The lowest BCUT2D eigenvalue weighted by Crippen LogP contribution is -2.52. The first-order valence-electron chi connectivity index (χ1n) is 10.3. The van der Waals surface area contributed by atoms with E-state index in [0.717, 1.165) is 69.8 Å². The SMILES string of the molecule is CN=C(NCc1ccc(N2CC=CC2)cc1)N1CCN(Cc2cc(C)on2)CC1. The Morgan fingerprint density at radius 2 is 1.83 bits per heavy atom. The van der Waals surface area contributed by atoms with Crippen molar-refractivity contribution in [1.82, 2.24) is 20.3 Å². The minimum Gasteiger partial charge on any atom is -0.364 e. The normalized spacial score (nSPS) is 17.9. The van der Waals surface area contributed by atoms with Crippen LogP contribution in [0.3, 0.4) is 0 Å². The van der Waals surface area contributed by atoms with E-state index in [0.29, 0.717) is 0 Å². The lowest BCUT2D eigenvalue weighted by atomic mass is 10.2. The number of nitrogens with zero attached hydrogens (tertiary/aromatic N) is 5. The average molecular weight is 395 g/mol. The van der Waals surface area contributed by atoms with Crippen molar-refractivity contribution in [1.29, 1.82) is 0 Å². The van der Waals surface area contributed by atoms with E-state index in [1.165, 1.54) is 11.3 Å². The Labute approximate surface area is 172 Å². The number of guanidine groups is 1. The maximum atomic E-state index is 5.17. The summed E-state index contributed by atoms with van der Waals surface area (Å²) in [5.41, 5.74) is 3.55. The number of aromatic nitrogens is 1. The lowest BCUT2D eigenvalue weighted by molar-refractivity contribution is 0.169. The van der Waals surface area contributed by atoms with E-state index >= 15 is 0 Å². The van der Waals surface area contributed by atoms with Crippen LogP contribution in [0.15, 0.2) is 52.0 Å². The fourth-order valence-corrected chi connectivity index (χ4v) is 3.87.